The first kappa shape index (κ1) is 20.9. The van der Waals surface area contributed by atoms with E-state index in [4.69, 9.17) is 19.2 Å². The molecule has 2 aliphatic rings. The molecule has 0 spiro atoms. The first-order valence-electron chi connectivity index (χ1n) is 10.7. The van der Waals surface area contributed by atoms with Crippen molar-refractivity contribution in [2.75, 3.05) is 53.1 Å². The number of benzene rings is 1. The standard InChI is InChI=1S/C22H35N3O3/c1-3-23-22(25-12-9-19(10-13-25)27-15-6-14-26-2)24-17-18-11-16-28-21-8-5-4-7-20(18)21/h4-5,7-8,18-19H,3,6,9-17H2,1-2H3,(H,23,24). The van der Waals surface area contributed by atoms with Crippen LogP contribution in [0.25, 0.3) is 0 Å². The van der Waals surface area contributed by atoms with Crippen molar-refractivity contribution in [2.45, 2.75) is 44.6 Å². The Morgan fingerprint density at radius 3 is 2.82 bits per heavy atom. The van der Waals surface area contributed by atoms with E-state index < -0.39 is 0 Å². The smallest absolute Gasteiger partial charge is 0.193 e. The number of rotatable bonds is 8. The van der Waals surface area contributed by atoms with Gasteiger partial charge in [0.15, 0.2) is 5.96 Å². The van der Waals surface area contributed by atoms with Crippen LogP contribution in [0.4, 0.5) is 0 Å². The van der Waals surface area contributed by atoms with Gasteiger partial charge in [-0.25, -0.2) is 0 Å². The van der Waals surface area contributed by atoms with Gasteiger partial charge in [-0.15, -0.1) is 0 Å². The Bertz CT molecular complexity index is 615. The van der Waals surface area contributed by atoms with Crippen molar-refractivity contribution in [1.29, 1.82) is 0 Å². The highest BCUT2D eigenvalue weighted by atomic mass is 16.5. The van der Waals surface area contributed by atoms with Gasteiger partial charge in [0.2, 0.25) is 0 Å². The van der Waals surface area contributed by atoms with Crippen LogP contribution >= 0.6 is 0 Å². The number of guanidine groups is 1. The van der Waals surface area contributed by atoms with Crippen molar-refractivity contribution < 1.29 is 14.2 Å². The fraction of sp³-hybridized carbons (Fsp3) is 0.682. The first-order chi connectivity index (χ1) is 13.8. The van der Waals surface area contributed by atoms with Crippen LogP contribution in [0.5, 0.6) is 5.75 Å². The summed E-state index contributed by atoms with van der Waals surface area (Å²) in [4.78, 5) is 7.37. The van der Waals surface area contributed by atoms with E-state index in [-0.39, 0.29) is 0 Å². The highest BCUT2D eigenvalue weighted by Gasteiger charge is 2.24. The Morgan fingerprint density at radius 1 is 1.21 bits per heavy atom. The Morgan fingerprint density at radius 2 is 2.04 bits per heavy atom. The molecule has 0 radical (unpaired) electrons. The number of ether oxygens (including phenoxy) is 3. The third-order valence-electron chi connectivity index (χ3n) is 5.47. The zero-order valence-corrected chi connectivity index (χ0v) is 17.4. The lowest BCUT2D eigenvalue weighted by molar-refractivity contribution is 0.00990. The molecule has 1 fully saturated rings. The van der Waals surface area contributed by atoms with Crippen molar-refractivity contribution in [3.63, 3.8) is 0 Å². The minimum absolute atomic E-state index is 0.360. The number of hydrogen-bond donors (Lipinski definition) is 1. The molecule has 1 aromatic carbocycles. The highest BCUT2D eigenvalue weighted by Crippen LogP contribution is 2.33. The van der Waals surface area contributed by atoms with E-state index in [0.29, 0.717) is 12.0 Å². The molecule has 0 bridgehead atoms. The molecule has 6 heteroatoms. The summed E-state index contributed by atoms with van der Waals surface area (Å²) in [6, 6.07) is 8.37. The molecule has 1 atom stereocenters. The second-order valence-corrected chi connectivity index (χ2v) is 7.47. The lowest BCUT2D eigenvalue weighted by atomic mass is 9.93. The number of likely N-dealkylation sites (tertiary alicyclic amines) is 1. The third kappa shape index (κ3) is 5.85. The second kappa shape index (κ2) is 11.3. The van der Waals surface area contributed by atoms with Gasteiger partial charge in [0.05, 0.1) is 12.7 Å². The molecule has 0 aromatic heterocycles. The molecule has 0 amide bonds. The van der Waals surface area contributed by atoms with Crippen molar-refractivity contribution >= 4 is 5.96 Å². The Hall–Kier alpha value is -1.79. The molecule has 0 aliphatic carbocycles. The summed E-state index contributed by atoms with van der Waals surface area (Å²) in [6.07, 6.45) is 4.46. The van der Waals surface area contributed by atoms with Crippen molar-refractivity contribution in [3.05, 3.63) is 29.8 Å². The van der Waals surface area contributed by atoms with Crippen LogP contribution in [0, 0.1) is 0 Å². The van der Waals surface area contributed by atoms with Crippen molar-refractivity contribution in [2.24, 2.45) is 4.99 Å². The maximum Gasteiger partial charge on any atom is 0.193 e. The molecule has 2 heterocycles. The normalized spacial score (nSPS) is 20.6. The predicted octanol–water partition coefficient (Wildman–Crippen LogP) is 3.04. The summed E-state index contributed by atoms with van der Waals surface area (Å²) in [7, 11) is 1.74. The van der Waals surface area contributed by atoms with Crippen LogP contribution in [0.15, 0.2) is 29.3 Å². The van der Waals surface area contributed by atoms with Crippen molar-refractivity contribution in [3.8, 4) is 5.75 Å². The number of aliphatic imine (C=N–C) groups is 1. The minimum Gasteiger partial charge on any atom is -0.493 e. The molecule has 1 aromatic rings. The number of para-hydroxylation sites is 1. The molecule has 2 aliphatic heterocycles. The number of piperidine rings is 1. The lowest BCUT2D eigenvalue weighted by Gasteiger charge is -2.34. The largest absolute Gasteiger partial charge is 0.493 e. The predicted molar refractivity (Wildman–Crippen MR) is 112 cm³/mol. The SMILES string of the molecule is CCNC(=NCC1CCOc2ccccc21)N1CCC(OCCCOC)CC1. The monoisotopic (exact) mass is 389 g/mol. The van der Waals surface area contributed by atoms with Gasteiger partial charge in [0.25, 0.3) is 0 Å². The van der Waals surface area contributed by atoms with E-state index in [1.54, 1.807) is 7.11 Å². The van der Waals surface area contributed by atoms with Gasteiger partial charge in [-0.3, -0.25) is 4.99 Å². The van der Waals surface area contributed by atoms with Crippen molar-refractivity contribution in [1.82, 2.24) is 10.2 Å². The van der Waals surface area contributed by atoms with Gasteiger partial charge in [-0.1, -0.05) is 18.2 Å². The zero-order chi connectivity index (χ0) is 19.6. The van der Waals surface area contributed by atoms with Crippen LogP contribution in [0.2, 0.25) is 0 Å². The third-order valence-corrected chi connectivity index (χ3v) is 5.47. The van der Waals surface area contributed by atoms with Crippen LogP contribution < -0.4 is 10.1 Å². The molecule has 0 saturated carbocycles. The topological polar surface area (TPSA) is 55.3 Å². The summed E-state index contributed by atoms with van der Waals surface area (Å²) in [5, 5.41) is 3.48. The molecular weight excluding hydrogens is 354 g/mol. The molecule has 1 unspecified atom stereocenters. The second-order valence-electron chi connectivity index (χ2n) is 7.47. The van der Waals surface area contributed by atoms with E-state index in [9.17, 15) is 0 Å². The van der Waals surface area contributed by atoms with Gasteiger partial charge in [0.1, 0.15) is 5.75 Å². The maximum atomic E-state index is 5.99. The Balaban J connectivity index is 1.53. The van der Waals surface area contributed by atoms with E-state index in [1.807, 2.05) is 6.07 Å². The first-order valence-corrected chi connectivity index (χ1v) is 10.7. The van der Waals surface area contributed by atoms with E-state index in [2.05, 4.69) is 35.3 Å². The summed E-state index contributed by atoms with van der Waals surface area (Å²) < 4.78 is 16.9. The number of nitrogens with one attached hydrogen (secondary N) is 1. The van der Waals surface area contributed by atoms with Crippen LogP contribution in [-0.2, 0) is 9.47 Å². The summed E-state index contributed by atoms with van der Waals surface area (Å²) >= 11 is 0. The van der Waals surface area contributed by atoms with Gasteiger partial charge in [-0.2, -0.15) is 0 Å². The van der Waals surface area contributed by atoms with Gasteiger partial charge in [-0.05, 0) is 44.2 Å². The lowest BCUT2D eigenvalue weighted by Crippen LogP contribution is -2.47. The highest BCUT2D eigenvalue weighted by molar-refractivity contribution is 5.80. The Labute approximate surface area is 169 Å². The van der Waals surface area contributed by atoms with E-state index >= 15 is 0 Å². The summed E-state index contributed by atoms with van der Waals surface area (Å²) in [5.41, 5.74) is 1.29. The van der Waals surface area contributed by atoms with Crippen LogP contribution in [0.1, 0.15) is 44.1 Å². The number of hydrogen-bond acceptors (Lipinski definition) is 4. The van der Waals surface area contributed by atoms with Crippen LogP contribution in [0.3, 0.4) is 0 Å². The van der Waals surface area contributed by atoms with Crippen LogP contribution in [-0.4, -0.2) is 70.1 Å². The fourth-order valence-corrected chi connectivity index (χ4v) is 3.92. The van der Waals surface area contributed by atoms with Gasteiger partial charge in [0, 0.05) is 52.4 Å². The number of nitrogens with zero attached hydrogens (tertiary/aromatic N) is 2. The molecular formula is C22H35N3O3. The van der Waals surface area contributed by atoms with E-state index in [0.717, 1.165) is 83.4 Å². The molecule has 28 heavy (non-hydrogen) atoms. The van der Waals surface area contributed by atoms with Gasteiger partial charge >= 0.3 is 0 Å². The van der Waals surface area contributed by atoms with E-state index in [1.165, 1.54) is 5.56 Å². The fourth-order valence-electron chi connectivity index (χ4n) is 3.92. The Kier molecular flexibility index (Phi) is 8.42. The minimum atomic E-state index is 0.360. The molecule has 1 saturated heterocycles. The average molecular weight is 390 g/mol. The number of fused-ring (bicyclic) bond motifs is 1. The molecule has 156 valence electrons. The average Bonchev–Trinajstić information content (AvgIpc) is 2.75. The maximum absolute atomic E-state index is 5.99. The van der Waals surface area contributed by atoms with Gasteiger partial charge < -0.3 is 24.4 Å². The summed E-state index contributed by atoms with van der Waals surface area (Å²) in [5.74, 6) is 2.48. The molecule has 6 nitrogen and oxygen atoms in total. The quantitative estimate of drug-likeness (QED) is 0.421. The zero-order valence-electron chi connectivity index (χ0n) is 17.4. The molecule has 1 N–H and O–H groups in total. The molecule has 3 rings (SSSR count). The summed E-state index contributed by atoms with van der Waals surface area (Å²) in [6.45, 7) is 8.13. The number of methoxy groups -OCH3 is 1.